The normalized spacial score (nSPS) is 12.4. The minimum Gasteiger partial charge on any atom is -0.306 e. The average Bonchev–Trinajstić information content (AvgIpc) is 2.42. The lowest BCUT2D eigenvalue weighted by Crippen LogP contribution is -2.23. The maximum Gasteiger partial charge on any atom is 0.0606 e. The molecule has 3 heteroatoms. The second-order valence-electron chi connectivity index (χ2n) is 4.93. The Morgan fingerprint density at radius 1 is 1.00 bits per heavy atom. The monoisotopic (exact) mass is 307 g/mol. The van der Waals surface area contributed by atoms with Crippen molar-refractivity contribution >= 4 is 23.2 Å². The molecule has 0 aromatic heterocycles. The first kappa shape index (κ1) is 15.4. The highest BCUT2D eigenvalue weighted by Gasteiger charge is 2.18. The molecular weight excluding hydrogens is 289 g/mol. The van der Waals surface area contributed by atoms with E-state index in [-0.39, 0.29) is 6.04 Å². The number of nitrogens with one attached hydrogen (secondary N) is 1. The molecule has 0 saturated carbocycles. The number of hydrogen-bond donors (Lipinski definition) is 1. The summed E-state index contributed by atoms with van der Waals surface area (Å²) in [6.45, 7) is 5.10. The van der Waals surface area contributed by atoms with Gasteiger partial charge in [-0.2, -0.15) is 0 Å². The molecule has 0 bridgehead atoms. The Balaban J connectivity index is 2.44. The van der Waals surface area contributed by atoms with Crippen LogP contribution >= 0.6 is 23.2 Å². The number of rotatable bonds is 5. The van der Waals surface area contributed by atoms with Crippen LogP contribution in [0.2, 0.25) is 10.0 Å². The molecule has 0 spiro atoms. The second kappa shape index (κ2) is 7.12. The highest BCUT2D eigenvalue weighted by Crippen LogP contribution is 2.32. The Labute approximate surface area is 130 Å². The average molecular weight is 308 g/mol. The molecule has 1 N–H and O–H groups in total. The Kier molecular flexibility index (Phi) is 5.47. The van der Waals surface area contributed by atoms with Crippen LogP contribution in [0.25, 0.3) is 0 Å². The van der Waals surface area contributed by atoms with Gasteiger partial charge in [-0.05, 0) is 48.7 Å². The Hall–Kier alpha value is -1.02. The van der Waals surface area contributed by atoms with Crippen molar-refractivity contribution in [1.29, 1.82) is 0 Å². The Bertz CT molecular complexity index is 581. The van der Waals surface area contributed by atoms with Crippen LogP contribution < -0.4 is 5.32 Å². The van der Waals surface area contributed by atoms with Gasteiger partial charge in [-0.1, -0.05) is 60.5 Å². The molecule has 0 aliphatic heterocycles. The van der Waals surface area contributed by atoms with Crippen molar-refractivity contribution in [3.63, 3.8) is 0 Å². The van der Waals surface area contributed by atoms with Crippen molar-refractivity contribution in [1.82, 2.24) is 5.32 Å². The summed E-state index contributed by atoms with van der Waals surface area (Å²) >= 11 is 12.8. The first-order valence-corrected chi connectivity index (χ1v) is 7.63. The summed E-state index contributed by atoms with van der Waals surface area (Å²) in [5.74, 6) is 0. The van der Waals surface area contributed by atoms with Gasteiger partial charge in [0.15, 0.2) is 0 Å². The van der Waals surface area contributed by atoms with Crippen molar-refractivity contribution in [3.8, 4) is 0 Å². The molecule has 1 atom stereocenters. The van der Waals surface area contributed by atoms with Crippen molar-refractivity contribution < 1.29 is 0 Å². The maximum atomic E-state index is 6.42. The molecule has 2 aromatic rings. The summed E-state index contributed by atoms with van der Waals surface area (Å²) < 4.78 is 0. The van der Waals surface area contributed by atoms with E-state index in [9.17, 15) is 0 Å². The lowest BCUT2D eigenvalue weighted by atomic mass is 9.97. The predicted octanol–water partition coefficient (Wildman–Crippen LogP) is 5.39. The van der Waals surface area contributed by atoms with E-state index in [0.29, 0.717) is 0 Å². The molecule has 106 valence electrons. The van der Waals surface area contributed by atoms with E-state index in [0.717, 1.165) is 39.7 Å². The molecule has 0 aliphatic carbocycles. The van der Waals surface area contributed by atoms with Crippen LogP contribution in [-0.4, -0.2) is 6.54 Å². The van der Waals surface area contributed by atoms with Crippen LogP contribution in [0, 0.1) is 6.92 Å². The van der Waals surface area contributed by atoms with Crippen molar-refractivity contribution in [2.24, 2.45) is 0 Å². The third-order valence-corrected chi connectivity index (χ3v) is 3.95. The van der Waals surface area contributed by atoms with E-state index in [1.54, 1.807) is 0 Å². The molecule has 0 radical (unpaired) electrons. The van der Waals surface area contributed by atoms with E-state index in [4.69, 9.17) is 23.2 Å². The molecule has 1 unspecified atom stereocenters. The predicted molar refractivity (Wildman–Crippen MR) is 87.8 cm³/mol. The van der Waals surface area contributed by atoms with Gasteiger partial charge in [0, 0.05) is 10.0 Å². The maximum absolute atomic E-state index is 6.42. The molecule has 2 rings (SSSR count). The van der Waals surface area contributed by atoms with Gasteiger partial charge in [0.25, 0.3) is 0 Å². The minimum absolute atomic E-state index is 0.0248. The van der Waals surface area contributed by atoms with Gasteiger partial charge in [-0.3, -0.25) is 0 Å². The fraction of sp³-hybridized carbons (Fsp3) is 0.294. The topological polar surface area (TPSA) is 12.0 Å². The summed E-state index contributed by atoms with van der Waals surface area (Å²) in [6, 6.07) is 14.1. The van der Waals surface area contributed by atoms with Gasteiger partial charge in [-0.25, -0.2) is 0 Å². The molecule has 0 heterocycles. The molecule has 20 heavy (non-hydrogen) atoms. The number of hydrogen-bond acceptors (Lipinski definition) is 1. The lowest BCUT2D eigenvalue weighted by Gasteiger charge is -2.22. The molecule has 1 nitrogen and oxygen atoms in total. The number of aryl methyl sites for hydroxylation is 1. The Morgan fingerprint density at radius 3 is 2.35 bits per heavy atom. The summed E-state index contributed by atoms with van der Waals surface area (Å²) in [4.78, 5) is 0. The molecule has 2 aromatic carbocycles. The summed E-state index contributed by atoms with van der Waals surface area (Å²) in [7, 11) is 0. The fourth-order valence-electron chi connectivity index (χ4n) is 2.25. The standard InChI is InChI=1S/C17H19Cl2N/c1-3-10-20-17(13-6-4-5-7-15(13)18)14-9-8-12(2)11-16(14)19/h4-9,11,17,20H,3,10H2,1-2H3. The van der Waals surface area contributed by atoms with Gasteiger partial charge in [0.05, 0.1) is 6.04 Å². The minimum atomic E-state index is 0.0248. The first-order chi connectivity index (χ1) is 9.63. The summed E-state index contributed by atoms with van der Waals surface area (Å²) in [5, 5.41) is 5.07. The van der Waals surface area contributed by atoms with Gasteiger partial charge in [0.2, 0.25) is 0 Å². The third-order valence-electron chi connectivity index (χ3n) is 3.28. The fourth-order valence-corrected chi connectivity index (χ4v) is 2.84. The van der Waals surface area contributed by atoms with Crippen LogP contribution in [-0.2, 0) is 0 Å². The number of halogens is 2. The van der Waals surface area contributed by atoms with E-state index >= 15 is 0 Å². The van der Waals surface area contributed by atoms with Gasteiger partial charge in [-0.15, -0.1) is 0 Å². The molecule has 0 saturated heterocycles. The van der Waals surface area contributed by atoms with E-state index in [2.05, 4.69) is 24.4 Å². The largest absolute Gasteiger partial charge is 0.306 e. The van der Waals surface area contributed by atoms with E-state index in [1.807, 2.05) is 37.3 Å². The smallest absolute Gasteiger partial charge is 0.0606 e. The summed E-state index contributed by atoms with van der Waals surface area (Å²) in [6.07, 6.45) is 1.06. The molecule has 0 amide bonds. The van der Waals surface area contributed by atoms with Crippen LogP contribution in [0.4, 0.5) is 0 Å². The first-order valence-electron chi connectivity index (χ1n) is 6.87. The van der Waals surface area contributed by atoms with Crippen molar-refractivity contribution in [3.05, 3.63) is 69.2 Å². The number of benzene rings is 2. The zero-order valence-electron chi connectivity index (χ0n) is 11.8. The highest BCUT2D eigenvalue weighted by atomic mass is 35.5. The zero-order valence-corrected chi connectivity index (χ0v) is 13.3. The molecular formula is C17H19Cl2N. The van der Waals surface area contributed by atoms with Crippen molar-refractivity contribution in [2.75, 3.05) is 6.54 Å². The molecule has 0 fully saturated rings. The van der Waals surface area contributed by atoms with E-state index < -0.39 is 0 Å². The zero-order chi connectivity index (χ0) is 14.5. The van der Waals surface area contributed by atoms with Crippen molar-refractivity contribution in [2.45, 2.75) is 26.3 Å². The second-order valence-corrected chi connectivity index (χ2v) is 5.75. The van der Waals surface area contributed by atoms with Crippen LogP contribution in [0.1, 0.15) is 36.1 Å². The van der Waals surface area contributed by atoms with Crippen LogP contribution in [0.5, 0.6) is 0 Å². The highest BCUT2D eigenvalue weighted by molar-refractivity contribution is 6.32. The van der Waals surface area contributed by atoms with Crippen LogP contribution in [0.15, 0.2) is 42.5 Å². The quantitative estimate of drug-likeness (QED) is 0.780. The summed E-state index contributed by atoms with van der Waals surface area (Å²) in [5.41, 5.74) is 3.29. The Morgan fingerprint density at radius 2 is 1.70 bits per heavy atom. The van der Waals surface area contributed by atoms with Gasteiger partial charge in [0.1, 0.15) is 0 Å². The van der Waals surface area contributed by atoms with Crippen LogP contribution in [0.3, 0.4) is 0 Å². The van der Waals surface area contributed by atoms with E-state index in [1.165, 1.54) is 0 Å². The van der Waals surface area contributed by atoms with Gasteiger partial charge >= 0.3 is 0 Å². The molecule has 0 aliphatic rings. The van der Waals surface area contributed by atoms with Gasteiger partial charge < -0.3 is 5.32 Å². The third kappa shape index (κ3) is 3.54. The lowest BCUT2D eigenvalue weighted by molar-refractivity contribution is 0.599. The SMILES string of the molecule is CCCNC(c1ccccc1Cl)c1ccc(C)cc1Cl.